The maximum atomic E-state index is 2.45. The molecule has 0 amide bonds. The van der Waals surface area contributed by atoms with Gasteiger partial charge >= 0.3 is 0 Å². The Kier molecular flexibility index (Phi) is 38.4. The molecule has 0 saturated carbocycles. The summed E-state index contributed by atoms with van der Waals surface area (Å²) in [6, 6.07) is 77.0. The Labute approximate surface area is 443 Å². The van der Waals surface area contributed by atoms with Crippen LogP contribution in [-0.2, 0) is 5.41 Å². The highest BCUT2D eigenvalue weighted by atomic mass is 15.1. The van der Waals surface area contributed by atoms with Gasteiger partial charge in [-0.05, 0) is 93.5 Å². The number of anilines is 5. The van der Waals surface area contributed by atoms with Crippen LogP contribution in [0.1, 0.15) is 161 Å². The molecule has 388 valence electrons. The van der Waals surface area contributed by atoms with Gasteiger partial charge in [0.2, 0.25) is 0 Å². The number of hydrogen-bond donors (Lipinski definition) is 0. The fourth-order valence-corrected chi connectivity index (χ4v) is 8.15. The lowest BCUT2D eigenvalue weighted by Gasteiger charge is -2.35. The maximum absolute atomic E-state index is 2.45. The largest absolute Gasteiger partial charge is 0.345 e. The molecule has 72 heavy (non-hydrogen) atoms. The maximum Gasteiger partial charge on any atom is 0.0715 e. The van der Waals surface area contributed by atoms with Crippen LogP contribution >= 0.6 is 0 Å². The van der Waals surface area contributed by atoms with E-state index in [4.69, 9.17) is 0 Å². The second-order valence-electron chi connectivity index (χ2n) is 13.4. The summed E-state index contributed by atoms with van der Waals surface area (Å²) in [5.41, 5.74) is 15.0. The molecule has 0 bridgehead atoms. The van der Waals surface area contributed by atoms with Crippen LogP contribution in [0.2, 0.25) is 0 Å². The van der Waals surface area contributed by atoms with Gasteiger partial charge in [-0.3, -0.25) is 0 Å². The smallest absolute Gasteiger partial charge is 0.0715 e. The zero-order chi connectivity index (χ0) is 54.9. The van der Waals surface area contributed by atoms with Gasteiger partial charge < -0.3 is 9.80 Å². The van der Waals surface area contributed by atoms with E-state index in [-0.39, 0.29) is 0 Å². The van der Waals surface area contributed by atoms with Crippen LogP contribution in [-0.4, -0.2) is 7.05 Å². The van der Waals surface area contributed by atoms with Crippen molar-refractivity contribution in [2.24, 2.45) is 0 Å². The van der Waals surface area contributed by atoms with E-state index in [9.17, 15) is 0 Å². The van der Waals surface area contributed by atoms with E-state index in [0.717, 1.165) is 28.4 Å². The lowest BCUT2D eigenvalue weighted by molar-refractivity contribution is 0.768. The molecule has 0 fully saturated rings. The van der Waals surface area contributed by atoms with Crippen LogP contribution in [0.15, 0.2) is 212 Å². The molecule has 0 unspecified atom stereocenters. The third-order valence-electron chi connectivity index (χ3n) is 10.6. The molecule has 1 aliphatic rings. The zero-order valence-electron chi connectivity index (χ0n) is 49.1. The summed E-state index contributed by atoms with van der Waals surface area (Å²) < 4.78 is 0. The minimum absolute atomic E-state index is 0.557. The van der Waals surface area contributed by atoms with Crippen molar-refractivity contribution in [2.45, 2.75) is 144 Å². The summed E-state index contributed by atoms with van der Waals surface area (Å²) in [5, 5.41) is 0. The fourth-order valence-electron chi connectivity index (χ4n) is 8.15. The van der Waals surface area contributed by atoms with Gasteiger partial charge in [-0.2, -0.15) is 0 Å². The summed E-state index contributed by atoms with van der Waals surface area (Å²) in [4.78, 5) is 4.70. The van der Waals surface area contributed by atoms with E-state index >= 15 is 0 Å². The molecule has 0 spiro atoms. The Morgan fingerprint density at radius 3 is 1.00 bits per heavy atom. The zero-order valence-corrected chi connectivity index (χ0v) is 49.1. The first-order valence-corrected chi connectivity index (χ1v) is 27.9. The lowest BCUT2D eigenvalue weighted by Crippen LogP contribution is -2.29. The van der Waals surface area contributed by atoms with Gasteiger partial charge in [-0.25, -0.2) is 0 Å². The van der Waals surface area contributed by atoms with Gasteiger partial charge in [0, 0.05) is 35.4 Å². The first-order chi connectivity index (χ1) is 35.7. The number of hydrogen-bond acceptors (Lipinski definition) is 2. The molecular weight excluding hydrogens is 869 g/mol. The van der Waals surface area contributed by atoms with Crippen molar-refractivity contribution in [1.82, 2.24) is 0 Å². The molecule has 2 nitrogen and oxygen atoms in total. The van der Waals surface area contributed by atoms with Gasteiger partial charge in [0.15, 0.2) is 0 Å². The quantitative estimate of drug-likeness (QED) is 0.150. The van der Waals surface area contributed by atoms with Crippen molar-refractivity contribution >= 4 is 28.4 Å². The van der Waals surface area contributed by atoms with Crippen molar-refractivity contribution < 1.29 is 0 Å². The lowest BCUT2D eigenvalue weighted by atomic mass is 9.67. The SMILES string of the molecule is CC.CC.CC.CC.CC.CC.CC.CC.CC.CC.CN(c1ccccc1)c1ccc2c(c1)C(c1ccccc1)(c1ccccc1)c1cc(N(c3ccccc3)c3ccccc3-c3ccccc3)ccc1-2. The topological polar surface area (TPSA) is 6.48 Å². The standard InChI is InChI=1S/C50H38N2.10C2H6/c1-51(40-25-13-5-14-26-40)42-31-33-45-46-34-32-43(36-48(46)50(47(45)35-42,38-21-9-3-10-22-38)39-23-11-4-12-24-39)52(41-27-15-6-16-28-41)49-30-18-17-29-44(49)37-19-7-2-8-20-37;10*1-2/h2-36H,1H3;10*1-2H3. The summed E-state index contributed by atoms with van der Waals surface area (Å²) in [7, 11) is 2.16. The Bertz CT molecular complexity index is 2420. The average molecular weight is 968 g/mol. The second-order valence-corrected chi connectivity index (χ2v) is 13.4. The molecule has 0 aliphatic heterocycles. The van der Waals surface area contributed by atoms with E-state index in [1.807, 2.05) is 138 Å². The molecular formula is C70H98N2. The van der Waals surface area contributed by atoms with Crippen molar-refractivity contribution in [3.05, 3.63) is 235 Å². The van der Waals surface area contributed by atoms with Crippen molar-refractivity contribution in [1.29, 1.82) is 0 Å². The summed E-state index contributed by atoms with van der Waals surface area (Å²) in [6.07, 6.45) is 0. The van der Waals surface area contributed by atoms with Crippen LogP contribution < -0.4 is 9.80 Å². The number of nitrogens with zero attached hydrogens (tertiary/aromatic N) is 2. The third-order valence-corrected chi connectivity index (χ3v) is 10.6. The Balaban J connectivity index is 0. The molecule has 8 aromatic rings. The molecule has 0 radical (unpaired) electrons. The Morgan fingerprint density at radius 2 is 0.583 bits per heavy atom. The first-order valence-electron chi connectivity index (χ1n) is 27.9. The predicted molar refractivity (Wildman–Crippen MR) is 332 cm³/mol. The number of benzene rings is 8. The summed E-state index contributed by atoms with van der Waals surface area (Å²) in [5.74, 6) is 0. The molecule has 0 heterocycles. The fraction of sp³-hybridized carbons (Fsp3) is 0.314. The van der Waals surface area contributed by atoms with Crippen molar-refractivity contribution in [2.75, 3.05) is 16.8 Å². The normalized spacial score (nSPS) is 9.85. The number of rotatable bonds is 8. The first kappa shape index (κ1) is 67.4. The van der Waals surface area contributed by atoms with E-state index in [1.54, 1.807) is 0 Å². The van der Waals surface area contributed by atoms with Crippen LogP contribution in [0.25, 0.3) is 22.3 Å². The molecule has 0 atom stereocenters. The molecule has 0 saturated heterocycles. The second kappa shape index (κ2) is 41.0. The minimum Gasteiger partial charge on any atom is -0.345 e. The molecule has 1 aliphatic carbocycles. The van der Waals surface area contributed by atoms with E-state index in [1.165, 1.54) is 44.5 Å². The molecule has 2 heteroatoms. The third kappa shape index (κ3) is 16.5. The molecule has 9 rings (SSSR count). The Hall–Kier alpha value is -6.64. The Morgan fingerprint density at radius 1 is 0.264 bits per heavy atom. The van der Waals surface area contributed by atoms with Crippen molar-refractivity contribution in [3.63, 3.8) is 0 Å². The highest BCUT2D eigenvalue weighted by Gasteiger charge is 2.46. The highest BCUT2D eigenvalue weighted by Crippen LogP contribution is 2.58. The predicted octanol–water partition coefficient (Wildman–Crippen LogP) is 23.2. The monoisotopic (exact) mass is 967 g/mol. The van der Waals surface area contributed by atoms with Gasteiger partial charge in [-0.15, -0.1) is 0 Å². The van der Waals surface area contributed by atoms with E-state index < -0.39 is 5.41 Å². The van der Waals surface area contributed by atoms with Gasteiger partial charge in [0.25, 0.3) is 0 Å². The minimum atomic E-state index is -0.557. The van der Waals surface area contributed by atoms with Crippen LogP contribution in [0.5, 0.6) is 0 Å². The van der Waals surface area contributed by atoms with Crippen LogP contribution in [0, 0.1) is 0 Å². The van der Waals surface area contributed by atoms with Crippen molar-refractivity contribution in [3.8, 4) is 22.3 Å². The average Bonchev–Trinajstić information content (AvgIpc) is 3.81. The highest BCUT2D eigenvalue weighted by molar-refractivity contribution is 5.93. The van der Waals surface area contributed by atoms with Gasteiger partial charge in [0.05, 0.1) is 11.1 Å². The van der Waals surface area contributed by atoms with E-state index in [2.05, 4.69) is 229 Å². The number of para-hydroxylation sites is 3. The summed E-state index contributed by atoms with van der Waals surface area (Å²) >= 11 is 0. The van der Waals surface area contributed by atoms with Crippen LogP contribution in [0.3, 0.4) is 0 Å². The van der Waals surface area contributed by atoms with Gasteiger partial charge in [0.1, 0.15) is 0 Å². The molecule has 0 N–H and O–H groups in total. The van der Waals surface area contributed by atoms with Gasteiger partial charge in [-0.1, -0.05) is 296 Å². The number of fused-ring (bicyclic) bond motifs is 3. The van der Waals surface area contributed by atoms with E-state index in [0.29, 0.717) is 0 Å². The molecule has 0 aromatic heterocycles. The summed E-state index contributed by atoms with van der Waals surface area (Å²) in [6.45, 7) is 40.0. The molecule has 8 aromatic carbocycles. The van der Waals surface area contributed by atoms with Crippen LogP contribution in [0.4, 0.5) is 28.4 Å².